The van der Waals surface area contributed by atoms with Gasteiger partial charge in [0.05, 0.1) is 6.20 Å². The second-order valence-electron chi connectivity index (χ2n) is 1.55. The van der Waals surface area contributed by atoms with E-state index in [-0.39, 0.29) is 10.2 Å². The molecule has 0 unspecified atom stereocenters. The molecule has 0 atom stereocenters. The van der Waals surface area contributed by atoms with Gasteiger partial charge in [0.1, 0.15) is 5.16 Å². The molecular weight excluding hydrogens is 171 g/mol. The normalized spacial score (nSPS) is 18.8. The van der Waals surface area contributed by atoms with E-state index < -0.39 is 6.30 Å². The molecule has 0 fully saturated rings. The molecular formula is C3H3ClF3N3. The molecule has 0 bridgehead atoms. The molecule has 1 rings (SSSR count). The Balaban J connectivity index is 2.61. The van der Waals surface area contributed by atoms with E-state index in [0.717, 1.165) is 0 Å². The first-order chi connectivity index (χ1) is 4.50. The molecule has 0 saturated heterocycles. The highest BCUT2D eigenvalue weighted by molar-refractivity contribution is 6.29. The summed E-state index contributed by atoms with van der Waals surface area (Å²) in [7, 11) is 0. The van der Waals surface area contributed by atoms with Crippen LogP contribution in [0.15, 0.2) is 11.4 Å². The van der Waals surface area contributed by atoms with Crippen LogP contribution in [0.25, 0.3) is 0 Å². The summed E-state index contributed by atoms with van der Waals surface area (Å²) in [5, 5.41) is -0.188. The Hall–Kier alpha value is -0.620. The Morgan fingerprint density at radius 1 is 1.50 bits per heavy atom. The molecule has 7 heteroatoms. The van der Waals surface area contributed by atoms with Crippen LogP contribution in [0.5, 0.6) is 0 Å². The third kappa shape index (κ3) is 1.45. The molecule has 2 N–H and O–H groups in total. The number of rotatable bonds is 0. The van der Waals surface area contributed by atoms with Crippen molar-refractivity contribution in [2.75, 3.05) is 0 Å². The summed E-state index contributed by atoms with van der Waals surface area (Å²) >= 11 is 5.16. The zero-order chi connectivity index (χ0) is 7.78. The van der Waals surface area contributed by atoms with Crippen LogP contribution in [0, 0.1) is 0 Å². The fraction of sp³-hybridized carbons (Fsp3) is 0.333. The summed E-state index contributed by atoms with van der Waals surface area (Å²) in [6, 6.07) is 0. The van der Waals surface area contributed by atoms with Gasteiger partial charge in [-0.1, -0.05) is 11.6 Å². The Kier molecular flexibility index (Phi) is 1.65. The molecule has 0 aliphatic carbocycles. The molecule has 0 aromatic rings. The summed E-state index contributed by atoms with van der Waals surface area (Å²) < 4.78 is 35.0. The lowest BCUT2D eigenvalue weighted by molar-refractivity contribution is -0.243. The van der Waals surface area contributed by atoms with Crippen LogP contribution in [-0.2, 0) is 0 Å². The van der Waals surface area contributed by atoms with E-state index in [1.165, 1.54) is 0 Å². The third-order valence-corrected chi connectivity index (χ3v) is 1.00. The van der Waals surface area contributed by atoms with Crippen molar-refractivity contribution in [2.24, 2.45) is 0 Å². The average molecular weight is 174 g/mol. The fourth-order valence-corrected chi connectivity index (χ4v) is 0.568. The maximum Gasteiger partial charge on any atom is 0.500 e. The van der Waals surface area contributed by atoms with E-state index in [1.807, 2.05) is 0 Å². The van der Waals surface area contributed by atoms with Crippen molar-refractivity contribution in [1.29, 1.82) is 0 Å². The highest BCUT2D eigenvalue weighted by atomic mass is 35.5. The molecule has 1 heterocycles. The lowest BCUT2D eigenvalue weighted by atomic mass is 10.8. The minimum atomic E-state index is -4.44. The van der Waals surface area contributed by atoms with Crippen molar-refractivity contribution in [3.63, 3.8) is 0 Å². The van der Waals surface area contributed by atoms with Crippen LogP contribution >= 0.6 is 11.6 Å². The first-order valence-corrected chi connectivity index (χ1v) is 2.63. The predicted octanol–water partition coefficient (Wildman–Crippen LogP) is 0.869. The predicted molar refractivity (Wildman–Crippen MR) is 28.1 cm³/mol. The molecule has 1 aliphatic rings. The van der Waals surface area contributed by atoms with E-state index in [1.54, 1.807) is 5.53 Å². The maximum atomic E-state index is 11.7. The lowest BCUT2D eigenvalue weighted by Gasteiger charge is -2.17. The zero-order valence-electron chi connectivity index (χ0n) is 4.54. The Morgan fingerprint density at radius 3 is 2.30 bits per heavy atom. The highest BCUT2D eigenvalue weighted by Crippen LogP contribution is 2.21. The standard InChI is InChI=1S/C3H3ClF3N3/c4-2-1-10(9-8-2)3(5,6)7/h1,8-9H. The van der Waals surface area contributed by atoms with E-state index in [4.69, 9.17) is 11.6 Å². The summed E-state index contributed by atoms with van der Waals surface area (Å²) in [5.41, 5.74) is 3.84. The van der Waals surface area contributed by atoms with Crippen LogP contribution < -0.4 is 11.0 Å². The molecule has 0 saturated carbocycles. The van der Waals surface area contributed by atoms with Crippen LogP contribution in [0.2, 0.25) is 0 Å². The first-order valence-electron chi connectivity index (χ1n) is 2.25. The SMILES string of the molecule is FC(F)(F)N1C=C(Cl)NN1. The van der Waals surface area contributed by atoms with E-state index in [9.17, 15) is 13.2 Å². The first kappa shape index (κ1) is 7.49. The van der Waals surface area contributed by atoms with Crippen molar-refractivity contribution < 1.29 is 13.2 Å². The van der Waals surface area contributed by atoms with Crippen molar-refractivity contribution in [1.82, 2.24) is 16.0 Å². The van der Waals surface area contributed by atoms with E-state index >= 15 is 0 Å². The smallest absolute Gasteiger partial charge is 0.292 e. The quantitative estimate of drug-likeness (QED) is 0.533. The Morgan fingerprint density at radius 2 is 2.10 bits per heavy atom. The largest absolute Gasteiger partial charge is 0.500 e. The molecule has 3 nitrogen and oxygen atoms in total. The monoisotopic (exact) mass is 173 g/mol. The number of alkyl halides is 3. The number of nitrogens with one attached hydrogen (secondary N) is 2. The topological polar surface area (TPSA) is 27.3 Å². The second-order valence-corrected chi connectivity index (χ2v) is 1.96. The van der Waals surface area contributed by atoms with Gasteiger partial charge in [0.2, 0.25) is 0 Å². The summed E-state index contributed by atoms with van der Waals surface area (Å²) in [6.45, 7) is 0. The number of nitrogens with zero attached hydrogens (tertiary/aromatic N) is 1. The van der Waals surface area contributed by atoms with Gasteiger partial charge in [0, 0.05) is 0 Å². The fourth-order valence-electron chi connectivity index (χ4n) is 0.428. The molecule has 0 radical (unpaired) electrons. The van der Waals surface area contributed by atoms with Gasteiger partial charge in [-0.2, -0.15) is 0 Å². The number of hydrogen-bond donors (Lipinski definition) is 2. The van der Waals surface area contributed by atoms with Gasteiger partial charge in [-0.25, -0.2) is 5.01 Å². The van der Waals surface area contributed by atoms with Gasteiger partial charge in [0.25, 0.3) is 0 Å². The van der Waals surface area contributed by atoms with Crippen molar-refractivity contribution in [2.45, 2.75) is 6.30 Å². The van der Waals surface area contributed by atoms with Gasteiger partial charge in [-0.15, -0.1) is 18.7 Å². The summed E-state index contributed by atoms with van der Waals surface area (Å²) in [6.07, 6.45) is -3.74. The lowest BCUT2D eigenvalue weighted by Crippen LogP contribution is -2.44. The van der Waals surface area contributed by atoms with Crippen molar-refractivity contribution in [3.05, 3.63) is 11.4 Å². The van der Waals surface area contributed by atoms with Gasteiger partial charge in [-0.3, -0.25) is 5.43 Å². The average Bonchev–Trinajstić information content (AvgIpc) is 2.11. The maximum absolute atomic E-state index is 11.7. The molecule has 1 aliphatic heterocycles. The molecule has 0 spiro atoms. The second kappa shape index (κ2) is 2.21. The van der Waals surface area contributed by atoms with Gasteiger partial charge in [-0.05, 0) is 0 Å². The Labute approximate surface area is 59.4 Å². The van der Waals surface area contributed by atoms with E-state index in [0.29, 0.717) is 6.20 Å². The molecule has 0 aromatic carbocycles. The summed E-state index contributed by atoms with van der Waals surface area (Å²) in [5.74, 6) is 0. The zero-order valence-corrected chi connectivity index (χ0v) is 5.29. The van der Waals surface area contributed by atoms with Crippen LogP contribution in [-0.4, -0.2) is 11.3 Å². The van der Waals surface area contributed by atoms with Crippen LogP contribution in [0.4, 0.5) is 13.2 Å². The van der Waals surface area contributed by atoms with Gasteiger partial charge in [0.15, 0.2) is 0 Å². The molecule has 0 aromatic heterocycles. The van der Waals surface area contributed by atoms with E-state index in [2.05, 4.69) is 5.43 Å². The highest BCUT2D eigenvalue weighted by Gasteiger charge is 2.37. The van der Waals surface area contributed by atoms with Gasteiger partial charge >= 0.3 is 6.30 Å². The number of hydrazine groups is 2. The molecule has 58 valence electrons. The molecule has 0 amide bonds. The number of halogens is 4. The van der Waals surface area contributed by atoms with Crippen molar-refractivity contribution in [3.8, 4) is 0 Å². The van der Waals surface area contributed by atoms with Crippen molar-refractivity contribution >= 4 is 11.6 Å². The minimum Gasteiger partial charge on any atom is -0.292 e. The minimum absolute atomic E-state index is 0.0880. The van der Waals surface area contributed by atoms with Gasteiger partial charge < -0.3 is 0 Å². The number of hydrogen-bond acceptors (Lipinski definition) is 3. The van der Waals surface area contributed by atoms with Crippen LogP contribution in [0.1, 0.15) is 0 Å². The molecule has 10 heavy (non-hydrogen) atoms. The Bertz CT molecular complexity index is 165. The third-order valence-electron chi connectivity index (χ3n) is 0.811. The summed E-state index contributed by atoms with van der Waals surface area (Å²) in [4.78, 5) is 0. The van der Waals surface area contributed by atoms with Crippen LogP contribution in [0.3, 0.4) is 0 Å².